The SMILES string of the molecule is COc1ccc(C)cc1-c1nc(N)c2ccc(F)cc2n1. The summed E-state index contributed by atoms with van der Waals surface area (Å²) >= 11 is 0. The van der Waals surface area contributed by atoms with Crippen molar-refractivity contribution in [3.63, 3.8) is 0 Å². The number of ether oxygens (including phenoxy) is 1. The van der Waals surface area contributed by atoms with Crippen LogP contribution in [0.5, 0.6) is 5.75 Å². The third-order valence-electron chi connectivity index (χ3n) is 3.28. The average molecular weight is 283 g/mol. The first-order chi connectivity index (χ1) is 10.1. The van der Waals surface area contributed by atoms with Gasteiger partial charge >= 0.3 is 0 Å². The fourth-order valence-electron chi connectivity index (χ4n) is 2.24. The minimum absolute atomic E-state index is 0.318. The first-order valence-electron chi connectivity index (χ1n) is 6.46. The van der Waals surface area contributed by atoms with E-state index in [2.05, 4.69) is 9.97 Å². The molecule has 0 aliphatic heterocycles. The topological polar surface area (TPSA) is 61.0 Å². The van der Waals surface area contributed by atoms with Gasteiger partial charge in [0.05, 0.1) is 18.2 Å². The van der Waals surface area contributed by atoms with Crippen molar-refractivity contribution in [1.82, 2.24) is 9.97 Å². The minimum Gasteiger partial charge on any atom is -0.496 e. The van der Waals surface area contributed by atoms with E-state index in [9.17, 15) is 4.39 Å². The monoisotopic (exact) mass is 283 g/mol. The van der Waals surface area contributed by atoms with Crippen LogP contribution in [0.4, 0.5) is 10.2 Å². The number of fused-ring (bicyclic) bond motifs is 1. The third kappa shape index (κ3) is 2.38. The van der Waals surface area contributed by atoms with Crippen molar-refractivity contribution >= 4 is 16.7 Å². The van der Waals surface area contributed by atoms with Crippen molar-refractivity contribution in [2.24, 2.45) is 0 Å². The number of aromatic nitrogens is 2. The molecule has 0 unspecified atom stereocenters. The number of anilines is 1. The highest BCUT2D eigenvalue weighted by molar-refractivity contribution is 5.89. The summed E-state index contributed by atoms with van der Waals surface area (Å²) in [4.78, 5) is 8.72. The Morgan fingerprint density at radius 3 is 2.67 bits per heavy atom. The molecule has 2 aromatic carbocycles. The highest BCUT2D eigenvalue weighted by atomic mass is 19.1. The predicted molar refractivity (Wildman–Crippen MR) is 80.6 cm³/mol. The average Bonchev–Trinajstić information content (AvgIpc) is 2.46. The molecule has 3 rings (SSSR count). The van der Waals surface area contributed by atoms with Crippen LogP contribution in [0.3, 0.4) is 0 Å². The fraction of sp³-hybridized carbons (Fsp3) is 0.125. The molecular formula is C16H14FN3O. The quantitative estimate of drug-likeness (QED) is 0.783. The molecule has 0 bridgehead atoms. The number of benzene rings is 2. The number of rotatable bonds is 2. The van der Waals surface area contributed by atoms with Gasteiger partial charge in [0.2, 0.25) is 0 Å². The largest absolute Gasteiger partial charge is 0.496 e. The number of hydrogen-bond donors (Lipinski definition) is 1. The zero-order chi connectivity index (χ0) is 15.0. The van der Waals surface area contributed by atoms with E-state index < -0.39 is 0 Å². The molecule has 21 heavy (non-hydrogen) atoms. The lowest BCUT2D eigenvalue weighted by Gasteiger charge is -2.10. The van der Waals surface area contributed by atoms with Gasteiger partial charge in [-0.3, -0.25) is 0 Å². The van der Waals surface area contributed by atoms with Crippen LogP contribution in [-0.2, 0) is 0 Å². The fourth-order valence-corrected chi connectivity index (χ4v) is 2.24. The van der Waals surface area contributed by atoms with Gasteiger partial charge in [-0.05, 0) is 31.2 Å². The molecule has 0 saturated carbocycles. The Labute approximate surface area is 121 Å². The van der Waals surface area contributed by atoms with Gasteiger partial charge in [0.1, 0.15) is 17.4 Å². The van der Waals surface area contributed by atoms with Crippen LogP contribution in [0.1, 0.15) is 5.56 Å². The molecular weight excluding hydrogens is 269 g/mol. The van der Waals surface area contributed by atoms with Crippen LogP contribution >= 0.6 is 0 Å². The number of hydrogen-bond acceptors (Lipinski definition) is 4. The molecule has 1 heterocycles. The zero-order valence-corrected chi connectivity index (χ0v) is 11.7. The van der Waals surface area contributed by atoms with Gasteiger partial charge in [-0.15, -0.1) is 0 Å². The van der Waals surface area contributed by atoms with Crippen LogP contribution in [0.15, 0.2) is 36.4 Å². The van der Waals surface area contributed by atoms with Crippen LogP contribution in [0, 0.1) is 12.7 Å². The van der Waals surface area contributed by atoms with Crippen LogP contribution in [0.2, 0.25) is 0 Å². The normalized spacial score (nSPS) is 10.8. The molecule has 4 nitrogen and oxygen atoms in total. The Morgan fingerprint density at radius 2 is 1.90 bits per heavy atom. The first-order valence-corrected chi connectivity index (χ1v) is 6.46. The van der Waals surface area contributed by atoms with E-state index in [-0.39, 0.29) is 5.82 Å². The second-order valence-corrected chi connectivity index (χ2v) is 4.80. The molecule has 0 spiro atoms. The Balaban J connectivity index is 2.28. The molecule has 0 saturated heterocycles. The number of aryl methyl sites for hydroxylation is 1. The highest BCUT2D eigenvalue weighted by Gasteiger charge is 2.12. The maximum Gasteiger partial charge on any atom is 0.165 e. The van der Waals surface area contributed by atoms with Crippen molar-refractivity contribution in [3.05, 3.63) is 47.8 Å². The van der Waals surface area contributed by atoms with E-state index in [1.165, 1.54) is 12.1 Å². The van der Waals surface area contributed by atoms with E-state index in [4.69, 9.17) is 10.5 Å². The summed E-state index contributed by atoms with van der Waals surface area (Å²) in [5.74, 6) is 1.03. The number of methoxy groups -OCH3 is 1. The summed E-state index contributed by atoms with van der Waals surface area (Å²) in [5.41, 5.74) is 8.21. The van der Waals surface area contributed by atoms with Gasteiger partial charge in [0.15, 0.2) is 5.82 Å². The molecule has 1 aromatic heterocycles. The molecule has 3 aromatic rings. The van der Waals surface area contributed by atoms with Crippen molar-refractivity contribution < 1.29 is 9.13 Å². The standard InChI is InChI=1S/C16H14FN3O/c1-9-3-6-14(21-2)12(7-9)16-19-13-8-10(17)4-5-11(13)15(18)20-16/h3-8H,1-2H3,(H2,18,19,20). The predicted octanol–water partition coefficient (Wildman–Crippen LogP) is 3.34. The summed E-state index contributed by atoms with van der Waals surface area (Å²) in [6.45, 7) is 1.97. The van der Waals surface area contributed by atoms with Gasteiger partial charge in [0.25, 0.3) is 0 Å². The van der Waals surface area contributed by atoms with Crippen molar-refractivity contribution in [2.45, 2.75) is 6.92 Å². The lowest BCUT2D eigenvalue weighted by atomic mass is 10.1. The Kier molecular flexibility index (Phi) is 3.17. The van der Waals surface area contributed by atoms with Gasteiger partial charge in [0, 0.05) is 11.5 Å². The lowest BCUT2D eigenvalue weighted by molar-refractivity contribution is 0.416. The second-order valence-electron chi connectivity index (χ2n) is 4.80. The van der Waals surface area contributed by atoms with E-state index in [0.717, 1.165) is 11.1 Å². The van der Waals surface area contributed by atoms with Gasteiger partial charge < -0.3 is 10.5 Å². The molecule has 0 aliphatic rings. The Morgan fingerprint density at radius 1 is 1.10 bits per heavy atom. The first kappa shape index (κ1) is 13.3. The Hall–Kier alpha value is -2.69. The molecule has 0 atom stereocenters. The molecule has 0 radical (unpaired) electrons. The smallest absolute Gasteiger partial charge is 0.165 e. The van der Waals surface area contributed by atoms with Crippen molar-refractivity contribution in [2.75, 3.05) is 12.8 Å². The summed E-state index contributed by atoms with van der Waals surface area (Å²) in [5, 5.41) is 0.631. The number of nitrogens with zero attached hydrogens (tertiary/aromatic N) is 2. The summed E-state index contributed by atoms with van der Waals surface area (Å²) < 4.78 is 18.7. The molecule has 2 N–H and O–H groups in total. The lowest BCUT2D eigenvalue weighted by Crippen LogP contribution is -1.99. The zero-order valence-electron chi connectivity index (χ0n) is 11.7. The van der Waals surface area contributed by atoms with E-state index in [0.29, 0.717) is 28.3 Å². The van der Waals surface area contributed by atoms with E-state index in [1.807, 2.05) is 25.1 Å². The van der Waals surface area contributed by atoms with E-state index >= 15 is 0 Å². The highest BCUT2D eigenvalue weighted by Crippen LogP contribution is 2.31. The van der Waals surface area contributed by atoms with Crippen LogP contribution in [-0.4, -0.2) is 17.1 Å². The van der Waals surface area contributed by atoms with Crippen LogP contribution < -0.4 is 10.5 Å². The number of halogens is 1. The maximum atomic E-state index is 13.4. The number of nitrogen functional groups attached to an aromatic ring is 1. The molecule has 5 heteroatoms. The van der Waals surface area contributed by atoms with Gasteiger partial charge in [-0.1, -0.05) is 11.6 Å². The summed E-state index contributed by atoms with van der Waals surface area (Å²) in [6, 6.07) is 9.97. The summed E-state index contributed by atoms with van der Waals surface area (Å²) in [7, 11) is 1.58. The second kappa shape index (κ2) is 5.01. The van der Waals surface area contributed by atoms with Crippen molar-refractivity contribution in [3.8, 4) is 17.1 Å². The number of nitrogens with two attached hydrogens (primary N) is 1. The van der Waals surface area contributed by atoms with Gasteiger partial charge in [-0.2, -0.15) is 0 Å². The van der Waals surface area contributed by atoms with Crippen LogP contribution in [0.25, 0.3) is 22.3 Å². The summed E-state index contributed by atoms with van der Waals surface area (Å²) in [6.07, 6.45) is 0. The third-order valence-corrected chi connectivity index (χ3v) is 3.28. The van der Waals surface area contributed by atoms with Gasteiger partial charge in [-0.25, -0.2) is 14.4 Å². The van der Waals surface area contributed by atoms with E-state index in [1.54, 1.807) is 13.2 Å². The molecule has 0 amide bonds. The maximum absolute atomic E-state index is 13.4. The molecule has 106 valence electrons. The minimum atomic E-state index is -0.359. The Bertz CT molecular complexity index is 833. The molecule has 0 fully saturated rings. The van der Waals surface area contributed by atoms with Crippen molar-refractivity contribution in [1.29, 1.82) is 0 Å². The molecule has 0 aliphatic carbocycles.